The molecule has 68 valence electrons. The van der Waals surface area contributed by atoms with Crippen LogP contribution in [0.3, 0.4) is 0 Å². The normalized spacial score (nSPS) is 9.79. The highest BCUT2D eigenvalue weighted by Crippen LogP contribution is 1.99. The van der Waals surface area contributed by atoms with E-state index in [4.69, 9.17) is 10.5 Å². The third-order valence-electron chi connectivity index (χ3n) is 1.32. The molecule has 0 fully saturated rings. The number of rotatable bonds is 2. The van der Waals surface area contributed by atoms with E-state index in [2.05, 4.69) is 22.6 Å². The summed E-state index contributed by atoms with van der Waals surface area (Å²) in [6, 6.07) is 11.5. The predicted molar refractivity (Wildman–Crippen MR) is 47.6 cm³/mol. The molecule has 0 bridgehead atoms. The summed E-state index contributed by atoms with van der Waals surface area (Å²) in [6.07, 6.45) is 0. The lowest BCUT2D eigenvalue weighted by Crippen LogP contribution is -2.21. The van der Waals surface area contributed by atoms with E-state index in [1.54, 1.807) is 18.2 Å². The lowest BCUT2D eigenvalue weighted by molar-refractivity contribution is -0.110. The number of carbonyl (C=O) groups is 1. The highest BCUT2D eigenvalue weighted by molar-refractivity contribution is 6.48. The quantitative estimate of drug-likeness (QED) is 0.403. The molecule has 5 nitrogen and oxygen atoms in total. The number of oxime groups is 1. The molecule has 14 heavy (non-hydrogen) atoms. The molecule has 0 aliphatic carbocycles. The van der Waals surface area contributed by atoms with Crippen molar-refractivity contribution in [2.24, 2.45) is 5.16 Å². The van der Waals surface area contributed by atoms with Crippen molar-refractivity contribution in [1.82, 2.24) is 0 Å². The standard InChI is InChI=1S/C9H5N3O2/c10-6-8(12-14)9(13)11-7-4-2-1-3-5-7/h1-2,4,14H,(H,11,13)/b12-8+. The van der Waals surface area contributed by atoms with Gasteiger partial charge >= 0.3 is 0 Å². The molecule has 1 rings (SSSR count). The monoisotopic (exact) mass is 187 g/mol. The van der Waals surface area contributed by atoms with Crippen LogP contribution in [0, 0.1) is 23.5 Å². The molecule has 0 unspecified atom stereocenters. The highest BCUT2D eigenvalue weighted by Gasteiger charge is 2.10. The van der Waals surface area contributed by atoms with Gasteiger partial charge in [-0.1, -0.05) is 17.3 Å². The van der Waals surface area contributed by atoms with E-state index in [0.717, 1.165) is 0 Å². The van der Waals surface area contributed by atoms with E-state index in [9.17, 15) is 4.79 Å². The minimum atomic E-state index is -0.786. The number of hydrogen-bond acceptors (Lipinski definition) is 4. The van der Waals surface area contributed by atoms with E-state index in [0.29, 0.717) is 5.69 Å². The van der Waals surface area contributed by atoms with Crippen LogP contribution in [0.2, 0.25) is 0 Å². The summed E-state index contributed by atoms with van der Waals surface area (Å²) in [7, 11) is 0. The molecule has 2 N–H and O–H groups in total. The Hall–Kier alpha value is -2.53. The highest BCUT2D eigenvalue weighted by atomic mass is 16.4. The SMILES string of the molecule is N#C/C(=N\O)C(=O)Nc1c#cccc1. The van der Waals surface area contributed by atoms with Crippen LogP contribution in [0.5, 0.6) is 0 Å². The number of carbonyl (C=O) groups excluding carboxylic acids is 1. The van der Waals surface area contributed by atoms with Crippen LogP contribution in [0.25, 0.3) is 0 Å². The van der Waals surface area contributed by atoms with Crippen LogP contribution in [-0.4, -0.2) is 16.8 Å². The average Bonchev–Trinajstić information content (AvgIpc) is 2.21. The van der Waals surface area contributed by atoms with Crippen LogP contribution in [0.15, 0.2) is 23.4 Å². The Labute approximate surface area is 80.3 Å². The molecule has 0 aliphatic rings. The Bertz CT molecular complexity index is 392. The fourth-order valence-corrected chi connectivity index (χ4v) is 0.727. The molecule has 0 spiro atoms. The second-order valence-corrected chi connectivity index (χ2v) is 2.22. The smallest absolute Gasteiger partial charge is 0.289 e. The van der Waals surface area contributed by atoms with Crippen LogP contribution in [0.4, 0.5) is 5.69 Å². The molecule has 0 atom stereocenters. The van der Waals surface area contributed by atoms with Gasteiger partial charge < -0.3 is 10.5 Å². The molecule has 5 heteroatoms. The Morgan fingerprint density at radius 2 is 2.50 bits per heavy atom. The van der Waals surface area contributed by atoms with Crippen molar-refractivity contribution in [1.29, 1.82) is 5.26 Å². The first kappa shape index (κ1) is 9.56. The van der Waals surface area contributed by atoms with E-state index in [1.165, 1.54) is 6.07 Å². The van der Waals surface area contributed by atoms with E-state index < -0.39 is 11.6 Å². The number of nitrogens with zero attached hydrogens (tertiary/aromatic N) is 2. The largest absolute Gasteiger partial charge is 0.410 e. The van der Waals surface area contributed by atoms with Gasteiger partial charge in [0.25, 0.3) is 5.91 Å². The van der Waals surface area contributed by atoms with Crippen molar-refractivity contribution in [3.63, 3.8) is 0 Å². The lowest BCUT2D eigenvalue weighted by atomic mass is 10.3. The molecule has 1 aromatic carbocycles. The van der Waals surface area contributed by atoms with Crippen LogP contribution < -0.4 is 5.32 Å². The fourth-order valence-electron chi connectivity index (χ4n) is 0.727. The van der Waals surface area contributed by atoms with Crippen molar-refractivity contribution in [3.8, 4) is 6.07 Å². The van der Waals surface area contributed by atoms with Gasteiger partial charge in [-0.2, -0.15) is 5.26 Å². The first-order chi connectivity index (χ1) is 6.77. The van der Waals surface area contributed by atoms with Gasteiger partial charge in [0.15, 0.2) is 0 Å². The molecule has 0 radical (unpaired) electrons. The van der Waals surface area contributed by atoms with E-state index >= 15 is 0 Å². The lowest BCUT2D eigenvalue weighted by Gasteiger charge is -1.97. The van der Waals surface area contributed by atoms with Crippen LogP contribution in [0.1, 0.15) is 0 Å². The van der Waals surface area contributed by atoms with Crippen LogP contribution in [-0.2, 0) is 4.79 Å². The fraction of sp³-hybridized carbons (Fsp3) is 0. The van der Waals surface area contributed by atoms with Gasteiger partial charge in [-0.05, 0) is 18.2 Å². The molecule has 0 aromatic heterocycles. The van der Waals surface area contributed by atoms with E-state index in [-0.39, 0.29) is 0 Å². The van der Waals surface area contributed by atoms with Gasteiger partial charge in [0.2, 0.25) is 5.71 Å². The van der Waals surface area contributed by atoms with Gasteiger partial charge in [0.1, 0.15) is 6.07 Å². The molecule has 1 amide bonds. The summed E-state index contributed by atoms with van der Waals surface area (Å²) in [4.78, 5) is 11.1. The summed E-state index contributed by atoms with van der Waals surface area (Å²) in [5, 5.41) is 21.4. The van der Waals surface area contributed by atoms with Crippen LogP contribution >= 0.6 is 0 Å². The first-order valence-electron chi connectivity index (χ1n) is 3.60. The summed E-state index contributed by atoms with van der Waals surface area (Å²) in [5.74, 6) is -0.786. The second kappa shape index (κ2) is 4.48. The maximum Gasteiger partial charge on any atom is 0.289 e. The minimum absolute atomic E-state index is 0.355. The van der Waals surface area contributed by atoms with Crippen molar-refractivity contribution in [2.45, 2.75) is 0 Å². The molecular formula is C9H5N3O2. The molecule has 1 aromatic rings. The van der Waals surface area contributed by atoms with Crippen molar-refractivity contribution < 1.29 is 10.0 Å². The van der Waals surface area contributed by atoms with Gasteiger partial charge in [0, 0.05) is 0 Å². The number of hydrogen-bond donors (Lipinski definition) is 2. The summed E-state index contributed by atoms with van der Waals surface area (Å²) >= 11 is 0. The number of anilines is 1. The molecule has 0 heterocycles. The first-order valence-corrected chi connectivity index (χ1v) is 3.60. The zero-order valence-corrected chi connectivity index (χ0v) is 6.98. The second-order valence-electron chi connectivity index (χ2n) is 2.22. The third kappa shape index (κ3) is 2.23. The summed E-state index contributed by atoms with van der Waals surface area (Å²) in [6.45, 7) is 0. The Morgan fingerprint density at radius 3 is 3.00 bits per heavy atom. The number of amides is 1. The third-order valence-corrected chi connectivity index (χ3v) is 1.32. The van der Waals surface area contributed by atoms with Gasteiger partial charge in [-0.25, -0.2) is 0 Å². The van der Waals surface area contributed by atoms with Crippen molar-refractivity contribution >= 4 is 17.3 Å². The maximum absolute atomic E-state index is 11.1. The number of nitriles is 1. The zero-order chi connectivity index (χ0) is 10.4. The number of nitrogens with one attached hydrogen (secondary N) is 1. The topological polar surface area (TPSA) is 85.5 Å². The molecule has 0 saturated carbocycles. The molecule has 0 aliphatic heterocycles. The summed E-state index contributed by atoms with van der Waals surface area (Å²) < 4.78 is 0. The Balaban J connectivity index is 2.73. The predicted octanol–water partition coefficient (Wildman–Crippen LogP) is 0.579. The van der Waals surface area contributed by atoms with Gasteiger partial charge in [0.05, 0.1) is 5.69 Å². The molecule has 0 saturated heterocycles. The Kier molecular flexibility index (Phi) is 3.06. The summed E-state index contributed by atoms with van der Waals surface area (Å²) in [5.41, 5.74) is -0.254. The van der Waals surface area contributed by atoms with E-state index in [1.807, 2.05) is 0 Å². The minimum Gasteiger partial charge on any atom is -0.410 e. The maximum atomic E-state index is 11.1. The average molecular weight is 187 g/mol. The van der Waals surface area contributed by atoms with Gasteiger partial charge in [-0.3, -0.25) is 4.79 Å². The molecular weight excluding hydrogens is 182 g/mol. The Morgan fingerprint density at radius 1 is 1.71 bits per heavy atom. The van der Waals surface area contributed by atoms with Gasteiger partial charge in [-0.15, -0.1) is 0 Å². The van der Waals surface area contributed by atoms with Crippen molar-refractivity contribution in [3.05, 3.63) is 30.3 Å². The zero-order valence-electron chi connectivity index (χ0n) is 6.98. The van der Waals surface area contributed by atoms with Crippen molar-refractivity contribution in [2.75, 3.05) is 5.32 Å².